The molecule has 1 aliphatic rings. The van der Waals surface area contributed by atoms with Gasteiger partial charge in [0.05, 0.1) is 11.9 Å². The molecule has 0 fully saturated rings. The van der Waals surface area contributed by atoms with Crippen molar-refractivity contribution >= 4 is 21.6 Å². The standard InChI is InChI=1S/C15H22N2O4S/c1-11-9-13-10-12(15(18)16-7-4-8-21-2)5-6-14(13)17(11)22(3,19)20/h5-6,10-11H,4,7-9H2,1-3H3,(H,16,18). The maximum atomic E-state index is 12.1. The lowest BCUT2D eigenvalue weighted by Crippen LogP contribution is -2.34. The van der Waals surface area contributed by atoms with Gasteiger partial charge in [-0.1, -0.05) is 0 Å². The number of ether oxygens (including phenoxy) is 1. The highest BCUT2D eigenvalue weighted by atomic mass is 32.2. The molecule has 0 saturated carbocycles. The zero-order valence-electron chi connectivity index (χ0n) is 13.1. The van der Waals surface area contributed by atoms with E-state index < -0.39 is 10.0 Å². The molecule has 1 aromatic rings. The van der Waals surface area contributed by atoms with E-state index in [-0.39, 0.29) is 11.9 Å². The number of hydrogen-bond acceptors (Lipinski definition) is 4. The van der Waals surface area contributed by atoms with Crippen molar-refractivity contribution in [1.82, 2.24) is 5.32 Å². The Balaban J connectivity index is 2.13. The molecule has 0 radical (unpaired) electrons. The van der Waals surface area contributed by atoms with Gasteiger partial charge in [0.1, 0.15) is 0 Å². The number of nitrogens with one attached hydrogen (secondary N) is 1. The maximum Gasteiger partial charge on any atom is 0.251 e. The first-order chi connectivity index (χ1) is 10.3. The number of nitrogens with zero attached hydrogens (tertiary/aromatic N) is 1. The lowest BCUT2D eigenvalue weighted by molar-refractivity contribution is 0.0948. The number of hydrogen-bond donors (Lipinski definition) is 1. The number of sulfonamides is 1. The molecular formula is C15H22N2O4S. The van der Waals surface area contributed by atoms with Crippen LogP contribution >= 0.6 is 0 Å². The molecule has 2 rings (SSSR count). The van der Waals surface area contributed by atoms with Gasteiger partial charge in [-0.2, -0.15) is 0 Å². The van der Waals surface area contributed by atoms with E-state index in [9.17, 15) is 13.2 Å². The molecule has 6 nitrogen and oxygen atoms in total. The van der Waals surface area contributed by atoms with Crippen molar-refractivity contribution in [3.63, 3.8) is 0 Å². The number of carbonyl (C=O) groups is 1. The van der Waals surface area contributed by atoms with Crippen LogP contribution in [-0.2, 0) is 21.2 Å². The van der Waals surface area contributed by atoms with Crippen LogP contribution in [0.25, 0.3) is 0 Å². The summed E-state index contributed by atoms with van der Waals surface area (Å²) in [6.07, 6.45) is 2.58. The average molecular weight is 326 g/mol. The third kappa shape index (κ3) is 3.59. The van der Waals surface area contributed by atoms with Crippen LogP contribution in [0.5, 0.6) is 0 Å². The molecule has 1 unspecified atom stereocenters. The summed E-state index contributed by atoms with van der Waals surface area (Å²) in [4.78, 5) is 12.1. The fourth-order valence-electron chi connectivity index (χ4n) is 2.77. The largest absolute Gasteiger partial charge is 0.385 e. The summed E-state index contributed by atoms with van der Waals surface area (Å²) in [5, 5.41) is 2.83. The van der Waals surface area contributed by atoms with E-state index in [2.05, 4.69) is 5.32 Å². The van der Waals surface area contributed by atoms with Gasteiger partial charge in [-0.05, 0) is 43.5 Å². The second-order valence-corrected chi connectivity index (χ2v) is 7.42. The summed E-state index contributed by atoms with van der Waals surface area (Å²) in [6, 6.07) is 5.04. The van der Waals surface area contributed by atoms with Crippen molar-refractivity contribution in [2.45, 2.75) is 25.8 Å². The summed E-state index contributed by atoms with van der Waals surface area (Å²) < 4.78 is 30.1. The molecule has 1 heterocycles. The van der Waals surface area contributed by atoms with Gasteiger partial charge in [0, 0.05) is 31.9 Å². The summed E-state index contributed by atoms with van der Waals surface area (Å²) in [5.41, 5.74) is 2.12. The zero-order chi connectivity index (χ0) is 16.3. The average Bonchev–Trinajstić information content (AvgIpc) is 2.77. The predicted molar refractivity (Wildman–Crippen MR) is 85.8 cm³/mol. The van der Waals surface area contributed by atoms with Gasteiger partial charge in [0.25, 0.3) is 5.91 Å². The summed E-state index contributed by atoms with van der Waals surface area (Å²) >= 11 is 0. The van der Waals surface area contributed by atoms with Crippen molar-refractivity contribution in [3.05, 3.63) is 29.3 Å². The normalized spacial score (nSPS) is 17.4. The Morgan fingerprint density at radius 3 is 2.82 bits per heavy atom. The zero-order valence-corrected chi connectivity index (χ0v) is 13.9. The van der Waals surface area contributed by atoms with E-state index in [0.29, 0.717) is 30.8 Å². The molecule has 1 aliphatic heterocycles. The molecule has 0 saturated heterocycles. The molecular weight excluding hydrogens is 304 g/mol. The van der Waals surface area contributed by atoms with E-state index in [1.54, 1.807) is 25.3 Å². The lowest BCUT2D eigenvalue weighted by Gasteiger charge is -2.21. The highest BCUT2D eigenvalue weighted by Crippen LogP contribution is 2.34. The molecule has 1 aromatic carbocycles. The van der Waals surface area contributed by atoms with Crippen LogP contribution in [-0.4, -0.2) is 46.9 Å². The van der Waals surface area contributed by atoms with Crippen molar-refractivity contribution in [2.24, 2.45) is 0 Å². The molecule has 1 N–H and O–H groups in total. The Hall–Kier alpha value is -1.60. The van der Waals surface area contributed by atoms with Crippen LogP contribution in [0.15, 0.2) is 18.2 Å². The Labute approximate surface area is 131 Å². The number of amides is 1. The molecule has 1 amide bonds. The fraction of sp³-hybridized carbons (Fsp3) is 0.533. The van der Waals surface area contributed by atoms with Gasteiger partial charge in [-0.25, -0.2) is 8.42 Å². The highest BCUT2D eigenvalue weighted by Gasteiger charge is 2.32. The van der Waals surface area contributed by atoms with Gasteiger partial charge in [0.15, 0.2) is 0 Å². The number of carbonyl (C=O) groups excluding carboxylic acids is 1. The second-order valence-electron chi connectivity index (χ2n) is 5.56. The first-order valence-electron chi connectivity index (χ1n) is 7.24. The van der Waals surface area contributed by atoms with Crippen molar-refractivity contribution in [3.8, 4) is 0 Å². The minimum Gasteiger partial charge on any atom is -0.385 e. The molecule has 0 spiro atoms. The number of rotatable bonds is 6. The molecule has 1 atom stereocenters. The number of fused-ring (bicyclic) bond motifs is 1. The maximum absolute atomic E-state index is 12.1. The summed E-state index contributed by atoms with van der Waals surface area (Å²) in [5.74, 6) is -0.149. The van der Waals surface area contributed by atoms with Crippen LogP contribution in [0.3, 0.4) is 0 Å². The summed E-state index contributed by atoms with van der Waals surface area (Å²) in [7, 11) is -1.68. The minimum atomic E-state index is -3.30. The van der Waals surface area contributed by atoms with E-state index >= 15 is 0 Å². The molecule has 0 aromatic heterocycles. The van der Waals surface area contributed by atoms with Gasteiger partial charge in [-0.15, -0.1) is 0 Å². The monoisotopic (exact) mass is 326 g/mol. The lowest BCUT2D eigenvalue weighted by atomic mass is 10.1. The molecule has 7 heteroatoms. The molecule has 0 aliphatic carbocycles. The minimum absolute atomic E-state index is 0.120. The Morgan fingerprint density at radius 1 is 1.45 bits per heavy atom. The first-order valence-corrected chi connectivity index (χ1v) is 9.09. The van der Waals surface area contributed by atoms with E-state index in [1.807, 2.05) is 6.92 Å². The third-order valence-electron chi connectivity index (χ3n) is 3.66. The van der Waals surface area contributed by atoms with Crippen molar-refractivity contribution < 1.29 is 17.9 Å². The van der Waals surface area contributed by atoms with Crippen molar-refractivity contribution in [2.75, 3.05) is 30.8 Å². The predicted octanol–water partition coefficient (Wildman–Crippen LogP) is 1.16. The number of anilines is 1. The molecule has 122 valence electrons. The Morgan fingerprint density at radius 2 is 2.18 bits per heavy atom. The Kier molecular flexibility index (Phi) is 5.08. The van der Waals surface area contributed by atoms with Crippen LogP contribution in [0.1, 0.15) is 29.3 Å². The highest BCUT2D eigenvalue weighted by molar-refractivity contribution is 7.92. The van der Waals surface area contributed by atoms with Crippen LogP contribution in [0, 0.1) is 0 Å². The quantitative estimate of drug-likeness (QED) is 0.796. The van der Waals surface area contributed by atoms with E-state index in [4.69, 9.17) is 4.74 Å². The van der Waals surface area contributed by atoms with Gasteiger partial charge >= 0.3 is 0 Å². The van der Waals surface area contributed by atoms with Crippen LogP contribution < -0.4 is 9.62 Å². The van der Waals surface area contributed by atoms with Crippen LogP contribution in [0.4, 0.5) is 5.69 Å². The molecule has 22 heavy (non-hydrogen) atoms. The van der Waals surface area contributed by atoms with Gasteiger partial charge in [-0.3, -0.25) is 9.10 Å². The number of methoxy groups -OCH3 is 1. The van der Waals surface area contributed by atoms with E-state index in [0.717, 1.165) is 12.0 Å². The fourth-order valence-corrected chi connectivity index (χ4v) is 4.03. The smallest absolute Gasteiger partial charge is 0.251 e. The number of benzene rings is 1. The van der Waals surface area contributed by atoms with Crippen molar-refractivity contribution in [1.29, 1.82) is 0 Å². The SMILES string of the molecule is COCCCNC(=O)c1ccc2c(c1)CC(C)N2S(C)(=O)=O. The van der Waals surface area contributed by atoms with Gasteiger partial charge in [0.2, 0.25) is 10.0 Å². The summed E-state index contributed by atoms with van der Waals surface area (Å²) in [6.45, 7) is 3.02. The Bertz CT molecular complexity index is 658. The first kappa shape index (κ1) is 16.8. The topological polar surface area (TPSA) is 75.7 Å². The van der Waals surface area contributed by atoms with Gasteiger partial charge < -0.3 is 10.1 Å². The molecule has 0 bridgehead atoms. The second kappa shape index (κ2) is 6.66. The van der Waals surface area contributed by atoms with Crippen LogP contribution in [0.2, 0.25) is 0 Å². The third-order valence-corrected chi connectivity index (χ3v) is 4.93. The van der Waals surface area contributed by atoms with E-state index in [1.165, 1.54) is 10.6 Å².